The van der Waals surface area contributed by atoms with E-state index in [1.807, 2.05) is 62.3 Å². The summed E-state index contributed by atoms with van der Waals surface area (Å²) in [6.45, 7) is 26.3. The van der Waals surface area contributed by atoms with Crippen molar-refractivity contribution in [3.05, 3.63) is 12.3 Å². The Kier molecular flexibility index (Phi) is 21.5. The lowest BCUT2D eigenvalue weighted by molar-refractivity contribution is -0.162. The molecule has 0 aromatic heterocycles. The Bertz CT molecular complexity index is 819. The van der Waals surface area contributed by atoms with Crippen LogP contribution in [-0.4, -0.2) is 91.8 Å². The number of Topliss-reactive ketones (excluding diaryl/α,β-unsaturated/α-hetero) is 1. The molecule has 2 saturated heterocycles. The van der Waals surface area contributed by atoms with E-state index in [1.54, 1.807) is 28.1 Å². The minimum absolute atomic E-state index is 0.0626. The predicted octanol–water partition coefficient (Wildman–Crippen LogP) is 5.72. The minimum Gasteiger partial charge on any atom is -0.492 e. The maximum atomic E-state index is 13.5. The fourth-order valence-electron chi connectivity index (χ4n) is 5.95. The molecular formula is C33H65FN2O7. The number of alkyl halides is 1. The number of ether oxygens (including phenoxy) is 3. The van der Waals surface area contributed by atoms with Gasteiger partial charge in [-0.25, -0.2) is 0 Å². The molecule has 0 aromatic rings. The molecule has 0 amide bonds. The van der Waals surface area contributed by atoms with Crippen molar-refractivity contribution in [1.29, 1.82) is 0 Å². The molecule has 10 atom stereocenters. The second kappa shape index (κ2) is 21.2. The van der Waals surface area contributed by atoms with Gasteiger partial charge in [0.15, 0.2) is 0 Å². The Morgan fingerprint density at radius 3 is 2.09 bits per heavy atom. The summed E-state index contributed by atoms with van der Waals surface area (Å²) in [5, 5.41) is 30.9. The van der Waals surface area contributed by atoms with Crippen molar-refractivity contribution in [2.45, 2.75) is 131 Å². The second-order valence-electron chi connectivity index (χ2n) is 11.4. The number of aliphatic hydroxyl groups excluding tert-OH is 1. The molecule has 3 unspecified atom stereocenters. The van der Waals surface area contributed by atoms with Gasteiger partial charge < -0.3 is 34.6 Å². The molecule has 2 aliphatic heterocycles. The number of halogens is 1. The standard InChI is InChI=1S/C28H50N2O7.2C2H6.CH3F/c1-11-22-28(8,33)25(32)18(4)23(30-37-21-12-13-29-15-21)16(2)14-27(7,35-10)26(34-9)19(5)24(31)17(3)20(6)36-22;3*1-2/h16-19,21-22,25-26,29,32-33H,6,11-15H2,1-5,7-10H3;2*1-2H3;1H3/b30-23+;;;/t16-,17?,18?,19+,21-,22-,25?,26-,27-,28-;;;/m1.../s1. The summed E-state index contributed by atoms with van der Waals surface area (Å²) in [4.78, 5) is 19.4. The largest absolute Gasteiger partial charge is 0.492 e. The van der Waals surface area contributed by atoms with E-state index in [9.17, 15) is 19.4 Å². The van der Waals surface area contributed by atoms with E-state index in [1.165, 1.54) is 0 Å². The lowest BCUT2D eigenvalue weighted by Gasteiger charge is -2.43. The molecule has 10 heteroatoms. The van der Waals surface area contributed by atoms with Crippen LogP contribution in [0, 0.1) is 23.7 Å². The normalized spacial score (nSPS) is 38.2. The zero-order valence-electron chi connectivity index (χ0n) is 29.6. The highest BCUT2D eigenvalue weighted by Crippen LogP contribution is 2.37. The Hall–Kier alpha value is -1.59. The molecule has 0 spiro atoms. The average Bonchev–Trinajstić information content (AvgIpc) is 3.54. The smallest absolute Gasteiger partial charge is 0.148 e. The van der Waals surface area contributed by atoms with Gasteiger partial charge >= 0.3 is 0 Å². The Labute approximate surface area is 262 Å². The van der Waals surface area contributed by atoms with Crippen LogP contribution < -0.4 is 5.32 Å². The van der Waals surface area contributed by atoms with Crippen molar-refractivity contribution in [3.63, 3.8) is 0 Å². The van der Waals surface area contributed by atoms with Gasteiger partial charge in [0.25, 0.3) is 0 Å². The third-order valence-corrected chi connectivity index (χ3v) is 8.53. The molecule has 3 N–H and O–H groups in total. The van der Waals surface area contributed by atoms with Crippen molar-refractivity contribution in [3.8, 4) is 0 Å². The van der Waals surface area contributed by atoms with E-state index in [0.717, 1.165) is 13.0 Å². The van der Waals surface area contributed by atoms with Crippen molar-refractivity contribution < 1.29 is 38.4 Å². The van der Waals surface area contributed by atoms with Crippen LogP contribution in [0.15, 0.2) is 17.5 Å². The maximum absolute atomic E-state index is 13.5. The third-order valence-electron chi connectivity index (χ3n) is 8.53. The van der Waals surface area contributed by atoms with Gasteiger partial charge in [-0.15, -0.1) is 0 Å². The lowest BCUT2D eigenvalue weighted by atomic mass is 9.74. The third kappa shape index (κ3) is 11.4. The summed E-state index contributed by atoms with van der Waals surface area (Å²) in [6, 6.07) is 0. The first kappa shape index (κ1) is 43.5. The molecule has 2 fully saturated rings. The number of methoxy groups -OCH3 is 2. The van der Waals surface area contributed by atoms with Gasteiger partial charge in [-0.3, -0.25) is 9.18 Å². The summed E-state index contributed by atoms with van der Waals surface area (Å²) in [5.74, 6) is -1.81. The molecular weight excluding hydrogens is 555 g/mol. The van der Waals surface area contributed by atoms with Crippen LogP contribution in [0.5, 0.6) is 0 Å². The van der Waals surface area contributed by atoms with E-state index in [2.05, 4.69) is 17.1 Å². The van der Waals surface area contributed by atoms with Crippen LogP contribution in [-0.2, 0) is 23.8 Å². The van der Waals surface area contributed by atoms with E-state index >= 15 is 0 Å². The number of nitrogens with one attached hydrogen (secondary N) is 1. The summed E-state index contributed by atoms with van der Waals surface area (Å²) in [7, 11) is 3.69. The zero-order valence-corrected chi connectivity index (χ0v) is 29.6. The Morgan fingerprint density at radius 1 is 1.09 bits per heavy atom. The molecule has 0 aromatic carbocycles. The van der Waals surface area contributed by atoms with Crippen LogP contribution >= 0.6 is 0 Å². The molecule has 2 heterocycles. The molecule has 0 radical (unpaired) electrons. The highest BCUT2D eigenvalue weighted by Gasteiger charge is 2.48. The first-order chi connectivity index (χ1) is 20.2. The number of allylic oxidation sites excluding steroid dienone is 1. The minimum atomic E-state index is -1.65. The van der Waals surface area contributed by atoms with Crippen molar-refractivity contribution >= 4 is 11.5 Å². The summed E-state index contributed by atoms with van der Waals surface area (Å²) in [6.07, 6.45) is -0.938. The van der Waals surface area contributed by atoms with E-state index in [0.29, 0.717) is 32.3 Å². The van der Waals surface area contributed by atoms with Gasteiger partial charge in [0.2, 0.25) is 0 Å². The molecule has 0 bridgehead atoms. The lowest BCUT2D eigenvalue weighted by Crippen LogP contribution is -2.56. The summed E-state index contributed by atoms with van der Waals surface area (Å²) < 4.78 is 27.5. The monoisotopic (exact) mass is 620 g/mol. The van der Waals surface area contributed by atoms with Gasteiger partial charge in [-0.1, -0.05) is 67.1 Å². The molecule has 9 nitrogen and oxygen atoms in total. The van der Waals surface area contributed by atoms with Crippen LogP contribution in [0.3, 0.4) is 0 Å². The topological polar surface area (TPSA) is 119 Å². The molecule has 256 valence electrons. The number of hydrogen-bond donors (Lipinski definition) is 3. The number of carbonyl (C=O) groups is 1. The first-order valence-corrected chi connectivity index (χ1v) is 15.9. The highest BCUT2D eigenvalue weighted by atomic mass is 19.1. The summed E-state index contributed by atoms with van der Waals surface area (Å²) in [5.41, 5.74) is -1.90. The molecule has 0 saturated carbocycles. The summed E-state index contributed by atoms with van der Waals surface area (Å²) >= 11 is 0. The van der Waals surface area contributed by atoms with Crippen molar-refractivity contribution in [2.24, 2.45) is 28.8 Å². The van der Waals surface area contributed by atoms with Crippen LogP contribution in [0.25, 0.3) is 0 Å². The van der Waals surface area contributed by atoms with Crippen molar-refractivity contribution in [1.82, 2.24) is 5.32 Å². The second-order valence-corrected chi connectivity index (χ2v) is 11.4. The number of hydrogen-bond acceptors (Lipinski definition) is 9. The maximum Gasteiger partial charge on any atom is 0.148 e. The van der Waals surface area contributed by atoms with Gasteiger partial charge in [0.05, 0.1) is 42.4 Å². The van der Waals surface area contributed by atoms with Gasteiger partial charge in [-0.05, 0) is 40.2 Å². The fraction of sp³-hybridized carbons (Fsp3) is 0.879. The van der Waals surface area contributed by atoms with Crippen LogP contribution in [0.2, 0.25) is 0 Å². The fourth-order valence-corrected chi connectivity index (χ4v) is 5.95. The van der Waals surface area contributed by atoms with E-state index < -0.39 is 47.3 Å². The SMILES string of the molecule is C=C1O[C@H](CC)[C@@](C)(O)C(O)C(C)/C(=N/O[C@@H]2CCNC2)[C@H](C)C[C@@](C)(OC)[C@H](OC)[C@@H](C)C(=O)C1C.CC.CC.CF. The highest BCUT2D eigenvalue weighted by molar-refractivity contribution is 5.89. The number of rotatable bonds is 5. The molecule has 2 aliphatic rings. The number of carbonyl (C=O) groups excluding carboxylic acids is 1. The van der Waals surface area contributed by atoms with Crippen LogP contribution in [0.1, 0.15) is 95.4 Å². The van der Waals surface area contributed by atoms with Crippen molar-refractivity contribution in [2.75, 3.05) is 34.5 Å². The van der Waals surface area contributed by atoms with Crippen LogP contribution in [0.4, 0.5) is 4.39 Å². The quantitative estimate of drug-likeness (QED) is 0.334. The Morgan fingerprint density at radius 2 is 1.65 bits per heavy atom. The Balaban J connectivity index is 0. The molecule has 43 heavy (non-hydrogen) atoms. The number of nitrogens with zero attached hydrogens (tertiary/aromatic N) is 1. The van der Waals surface area contributed by atoms with Gasteiger partial charge in [0, 0.05) is 44.9 Å². The number of ketones is 1. The predicted molar refractivity (Wildman–Crippen MR) is 173 cm³/mol. The van der Waals surface area contributed by atoms with E-state index in [-0.39, 0.29) is 23.6 Å². The zero-order chi connectivity index (χ0) is 34.1. The van der Waals surface area contributed by atoms with Gasteiger partial charge in [-0.2, -0.15) is 0 Å². The van der Waals surface area contributed by atoms with E-state index in [4.69, 9.17) is 19.0 Å². The molecule has 0 aliphatic carbocycles. The average molecular weight is 621 g/mol. The number of aliphatic hydroxyl groups is 2. The van der Waals surface area contributed by atoms with Gasteiger partial charge in [0.1, 0.15) is 23.6 Å². The number of oxime groups is 1. The molecule has 2 rings (SSSR count). The first-order valence-electron chi connectivity index (χ1n) is 15.9.